The van der Waals surface area contributed by atoms with E-state index in [9.17, 15) is 19.7 Å². The van der Waals surface area contributed by atoms with Crippen molar-refractivity contribution in [3.8, 4) is 5.69 Å². The lowest BCUT2D eigenvalue weighted by Crippen LogP contribution is -2.15. The van der Waals surface area contributed by atoms with Crippen molar-refractivity contribution in [2.45, 2.75) is 12.1 Å². The third kappa shape index (κ3) is 4.31. The molecule has 4 rings (SSSR count). The number of hydrogen-bond donors (Lipinski definition) is 2. The number of hydrogen-bond acceptors (Lipinski definition) is 7. The first-order valence-electron chi connectivity index (χ1n) is 9.13. The van der Waals surface area contributed by atoms with Gasteiger partial charge in [-0.05, 0) is 24.6 Å². The van der Waals surface area contributed by atoms with Gasteiger partial charge in [-0.15, -0.1) is 0 Å². The minimum atomic E-state index is -0.536. The number of nitro benzene ring substituents is 1. The van der Waals surface area contributed by atoms with Gasteiger partial charge in [0.25, 0.3) is 11.2 Å². The molecule has 1 amide bonds. The fraction of sp³-hybridized carbons (Fsp3) is 0.100. The maximum absolute atomic E-state index is 12.4. The molecular formula is C20H16N6O4S. The Bertz CT molecular complexity index is 1360. The minimum absolute atomic E-state index is 0.0460. The Balaban J connectivity index is 1.54. The number of benzene rings is 2. The number of thioether (sulfide) groups is 1. The summed E-state index contributed by atoms with van der Waals surface area (Å²) in [6, 6.07) is 13.3. The Labute approximate surface area is 179 Å². The predicted molar refractivity (Wildman–Crippen MR) is 117 cm³/mol. The van der Waals surface area contributed by atoms with Crippen LogP contribution in [0.1, 0.15) is 5.56 Å². The van der Waals surface area contributed by atoms with Crippen molar-refractivity contribution in [1.82, 2.24) is 19.7 Å². The second-order valence-electron chi connectivity index (χ2n) is 6.60. The van der Waals surface area contributed by atoms with E-state index in [0.717, 1.165) is 23.0 Å². The van der Waals surface area contributed by atoms with Gasteiger partial charge in [-0.1, -0.05) is 36.0 Å². The van der Waals surface area contributed by atoms with Crippen LogP contribution in [0.3, 0.4) is 0 Å². The topological polar surface area (TPSA) is 136 Å². The molecule has 0 aliphatic rings. The molecule has 2 N–H and O–H groups in total. The highest BCUT2D eigenvalue weighted by Crippen LogP contribution is 2.21. The SMILES string of the molecule is Cc1ccccc1-n1ncc2c(=O)[nH]c(SCC(=O)Nc3cccc([N+](=O)[O-])c3)nc21. The highest BCUT2D eigenvalue weighted by molar-refractivity contribution is 7.99. The molecule has 0 unspecified atom stereocenters. The summed E-state index contributed by atoms with van der Waals surface area (Å²) >= 11 is 1.05. The first kappa shape index (κ1) is 20.3. The fourth-order valence-corrected chi connectivity index (χ4v) is 3.63. The molecule has 0 aliphatic heterocycles. The largest absolute Gasteiger partial charge is 0.325 e. The fourth-order valence-electron chi connectivity index (χ4n) is 2.97. The number of carbonyl (C=O) groups is 1. The van der Waals surface area contributed by atoms with E-state index >= 15 is 0 Å². The highest BCUT2D eigenvalue weighted by atomic mass is 32.2. The van der Waals surface area contributed by atoms with Crippen LogP contribution in [0.15, 0.2) is 64.7 Å². The van der Waals surface area contributed by atoms with Gasteiger partial charge >= 0.3 is 0 Å². The lowest BCUT2D eigenvalue weighted by molar-refractivity contribution is -0.384. The number of anilines is 1. The number of nitrogens with zero attached hydrogens (tertiary/aromatic N) is 4. The van der Waals surface area contributed by atoms with Crippen LogP contribution in [-0.2, 0) is 4.79 Å². The molecule has 2 aromatic heterocycles. The average molecular weight is 436 g/mol. The van der Waals surface area contributed by atoms with Crippen molar-refractivity contribution in [3.63, 3.8) is 0 Å². The van der Waals surface area contributed by atoms with Crippen LogP contribution in [0, 0.1) is 17.0 Å². The summed E-state index contributed by atoms with van der Waals surface area (Å²) in [5.74, 6) is -0.434. The number of aryl methyl sites for hydroxylation is 1. The van der Waals surface area contributed by atoms with Crippen LogP contribution in [0.25, 0.3) is 16.7 Å². The molecule has 0 spiro atoms. The van der Waals surface area contributed by atoms with Gasteiger partial charge in [0, 0.05) is 17.8 Å². The molecule has 0 saturated heterocycles. The molecule has 0 aliphatic carbocycles. The van der Waals surface area contributed by atoms with Crippen molar-refractivity contribution in [2.75, 3.05) is 11.1 Å². The third-order valence-corrected chi connectivity index (χ3v) is 5.31. The van der Waals surface area contributed by atoms with Gasteiger partial charge in [-0.3, -0.25) is 19.7 Å². The number of aromatic amines is 1. The second kappa shape index (κ2) is 8.40. The van der Waals surface area contributed by atoms with Gasteiger partial charge in [0.1, 0.15) is 5.39 Å². The molecule has 0 fully saturated rings. The minimum Gasteiger partial charge on any atom is -0.325 e. The molecule has 11 heteroatoms. The van der Waals surface area contributed by atoms with E-state index in [2.05, 4.69) is 20.4 Å². The van der Waals surface area contributed by atoms with Crippen LogP contribution in [0.4, 0.5) is 11.4 Å². The van der Waals surface area contributed by atoms with Crippen LogP contribution in [-0.4, -0.2) is 36.3 Å². The number of para-hydroxylation sites is 1. The first-order chi connectivity index (χ1) is 14.9. The Hall–Kier alpha value is -3.99. The number of aromatic nitrogens is 4. The molecule has 0 bridgehead atoms. The molecule has 31 heavy (non-hydrogen) atoms. The molecule has 0 atom stereocenters. The predicted octanol–water partition coefficient (Wildman–Crippen LogP) is 3.06. The number of H-pyrrole nitrogens is 1. The highest BCUT2D eigenvalue weighted by Gasteiger charge is 2.14. The molecule has 0 radical (unpaired) electrons. The summed E-state index contributed by atoms with van der Waals surface area (Å²) in [6.07, 6.45) is 1.46. The van der Waals surface area contributed by atoms with Gasteiger partial charge in [0.05, 0.1) is 22.6 Å². The number of non-ortho nitro benzene ring substituents is 1. The van der Waals surface area contributed by atoms with Crippen molar-refractivity contribution < 1.29 is 9.72 Å². The zero-order valence-corrected chi connectivity index (χ0v) is 17.0. The van der Waals surface area contributed by atoms with Crippen LogP contribution in [0.5, 0.6) is 0 Å². The third-order valence-electron chi connectivity index (χ3n) is 4.44. The molecule has 156 valence electrons. The van der Waals surface area contributed by atoms with E-state index in [1.807, 2.05) is 31.2 Å². The standard InChI is InChI=1S/C20H16N6O4S/c1-12-5-2-3-8-16(12)25-18-15(10-21-25)19(28)24-20(23-18)31-11-17(27)22-13-6-4-7-14(9-13)26(29)30/h2-10H,11H2,1H3,(H,22,27)(H,23,24,28). The van der Waals surface area contributed by atoms with E-state index in [0.29, 0.717) is 16.7 Å². The zero-order chi connectivity index (χ0) is 22.0. The zero-order valence-electron chi connectivity index (χ0n) is 16.2. The lowest BCUT2D eigenvalue weighted by atomic mass is 10.2. The van der Waals surface area contributed by atoms with E-state index in [4.69, 9.17) is 0 Å². The van der Waals surface area contributed by atoms with Gasteiger partial charge in [0.15, 0.2) is 10.8 Å². The Morgan fingerprint density at radius 1 is 1.26 bits per heavy atom. The Morgan fingerprint density at radius 3 is 2.84 bits per heavy atom. The van der Waals surface area contributed by atoms with Gasteiger partial charge in [0.2, 0.25) is 5.91 Å². The summed E-state index contributed by atoms with van der Waals surface area (Å²) in [7, 11) is 0. The maximum atomic E-state index is 12.4. The molecule has 4 aromatic rings. The van der Waals surface area contributed by atoms with E-state index < -0.39 is 4.92 Å². The van der Waals surface area contributed by atoms with Crippen LogP contribution < -0.4 is 10.9 Å². The van der Waals surface area contributed by atoms with Crippen molar-refractivity contribution >= 4 is 40.1 Å². The quantitative estimate of drug-likeness (QED) is 0.205. The van der Waals surface area contributed by atoms with Crippen molar-refractivity contribution in [1.29, 1.82) is 0 Å². The summed E-state index contributed by atoms with van der Waals surface area (Å²) in [5.41, 5.74) is 2.00. The smallest absolute Gasteiger partial charge is 0.271 e. The van der Waals surface area contributed by atoms with E-state index in [1.54, 1.807) is 10.7 Å². The van der Waals surface area contributed by atoms with E-state index in [-0.39, 0.29) is 28.1 Å². The molecular weight excluding hydrogens is 420 g/mol. The van der Waals surface area contributed by atoms with Gasteiger partial charge in [-0.2, -0.15) is 5.10 Å². The van der Waals surface area contributed by atoms with Crippen LogP contribution in [0.2, 0.25) is 0 Å². The molecule has 10 nitrogen and oxygen atoms in total. The summed E-state index contributed by atoms with van der Waals surface area (Å²) < 4.78 is 1.59. The number of rotatable bonds is 6. The number of amides is 1. The monoisotopic (exact) mass is 436 g/mol. The van der Waals surface area contributed by atoms with Crippen molar-refractivity contribution in [3.05, 3.63) is 80.8 Å². The number of nitro groups is 1. The van der Waals surface area contributed by atoms with Gasteiger partial charge < -0.3 is 10.3 Å². The number of carbonyl (C=O) groups excluding carboxylic acids is 1. The second-order valence-corrected chi connectivity index (χ2v) is 7.56. The molecule has 2 aromatic carbocycles. The first-order valence-corrected chi connectivity index (χ1v) is 10.1. The average Bonchev–Trinajstić information content (AvgIpc) is 3.17. The molecule has 2 heterocycles. The summed E-state index contributed by atoms with van der Waals surface area (Å²) in [5, 5.41) is 18.4. The van der Waals surface area contributed by atoms with Crippen LogP contribution >= 0.6 is 11.8 Å². The maximum Gasteiger partial charge on any atom is 0.271 e. The van der Waals surface area contributed by atoms with E-state index in [1.165, 1.54) is 24.4 Å². The molecule has 0 saturated carbocycles. The Morgan fingerprint density at radius 2 is 2.06 bits per heavy atom. The lowest BCUT2D eigenvalue weighted by Gasteiger charge is -2.07. The van der Waals surface area contributed by atoms with Gasteiger partial charge in [-0.25, -0.2) is 9.67 Å². The normalized spacial score (nSPS) is 10.9. The Kier molecular flexibility index (Phi) is 5.50. The summed E-state index contributed by atoms with van der Waals surface area (Å²) in [6.45, 7) is 1.93. The number of fused-ring (bicyclic) bond motifs is 1. The summed E-state index contributed by atoms with van der Waals surface area (Å²) in [4.78, 5) is 42.1. The number of nitrogens with one attached hydrogen (secondary N) is 2. The van der Waals surface area contributed by atoms with Crippen molar-refractivity contribution in [2.24, 2.45) is 0 Å².